The largest absolute Gasteiger partial charge is 0.390 e. The highest BCUT2D eigenvalue weighted by Crippen LogP contribution is 2.35. The summed E-state index contributed by atoms with van der Waals surface area (Å²) < 4.78 is 14.0. The van der Waals surface area contributed by atoms with Crippen LogP contribution in [0.4, 0.5) is 10.1 Å². The second-order valence-corrected chi connectivity index (χ2v) is 8.45. The number of benzene rings is 2. The number of likely N-dealkylation sites (N-methyl/N-ethyl adjacent to an activating group) is 1. The average molecular weight is 461 g/mol. The predicted octanol–water partition coefficient (Wildman–Crippen LogP) is 3.18. The Balaban J connectivity index is 1.90. The number of allylic oxidation sites excluding steroid dienone is 1. The first-order valence-corrected chi connectivity index (χ1v) is 11.1. The summed E-state index contributed by atoms with van der Waals surface area (Å²) in [4.78, 5) is 25.4. The maximum Gasteiger partial charge on any atom is 0.231 e. The van der Waals surface area contributed by atoms with E-state index in [1.54, 1.807) is 41.5 Å². The maximum absolute atomic E-state index is 14.0. The quantitative estimate of drug-likeness (QED) is 0.483. The van der Waals surface area contributed by atoms with Crippen molar-refractivity contribution in [2.24, 2.45) is 15.7 Å². The number of hydrogen-bond donors (Lipinski definition) is 1. The monoisotopic (exact) mass is 460 g/mol. The van der Waals surface area contributed by atoms with E-state index in [0.29, 0.717) is 41.0 Å². The van der Waals surface area contributed by atoms with E-state index in [2.05, 4.69) is 21.0 Å². The van der Waals surface area contributed by atoms with Gasteiger partial charge >= 0.3 is 0 Å². The lowest BCUT2D eigenvalue weighted by molar-refractivity contribution is -0.117. The van der Waals surface area contributed by atoms with Gasteiger partial charge in [-0.05, 0) is 62.8 Å². The number of amides is 1. The number of carbonyl (C=O) groups is 1. The Labute approximate surface area is 199 Å². The Kier molecular flexibility index (Phi) is 8.28. The smallest absolute Gasteiger partial charge is 0.231 e. The summed E-state index contributed by atoms with van der Waals surface area (Å²) in [7, 11) is 3.98. The lowest BCUT2D eigenvalue weighted by atomic mass is 10.0. The molecule has 2 aromatic carbocycles. The summed E-state index contributed by atoms with van der Waals surface area (Å²) in [5, 5.41) is 9.84. The number of aliphatic imine (C=N–C) groups is 2. The predicted molar refractivity (Wildman–Crippen MR) is 134 cm³/mol. The molecule has 0 saturated heterocycles. The maximum atomic E-state index is 14.0. The van der Waals surface area contributed by atoms with E-state index in [4.69, 9.17) is 5.73 Å². The van der Waals surface area contributed by atoms with Crippen molar-refractivity contribution in [3.8, 4) is 6.07 Å². The van der Waals surface area contributed by atoms with Gasteiger partial charge in [0.25, 0.3) is 0 Å². The molecule has 0 saturated carbocycles. The van der Waals surface area contributed by atoms with E-state index in [1.165, 1.54) is 12.4 Å². The van der Waals surface area contributed by atoms with Crippen LogP contribution in [0.25, 0.3) is 5.70 Å². The molecule has 2 N–H and O–H groups in total. The number of nitriles is 1. The van der Waals surface area contributed by atoms with Crippen LogP contribution in [0.5, 0.6) is 0 Å². The number of hydrogen-bond acceptors (Lipinski definition) is 5. The van der Waals surface area contributed by atoms with E-state index in [1.807, 2.05) is 27.1 Å². The second-order valence-electron chi connectivity index (χ2n) is 8.45. The van der Waals surface area contributed by atoms with Gasteiger partial charge in [-0.2, -0.15) is 5.26 Å². The third-order valence-electron chi connectivity index (χ3n) is 5.50. The Morgan fingerprint density at radius 2 is 2.12 bits per heavy atom. The third kappa shape index (κ3) is 5.94. The molecule has 1 aliphatic heterocycles. The number of anilines is 1. The molecule has 34 heavy (non-hydrogen) atoms. The number of nitrogens with zero attached hydrogens (tertiary/aromatic N) is 5. The van der Waals surface area contributed by atoms with Crippen molar-refractivity contribution in [2.45, 2.75) is 25.8 Å². The molecule has 1 amide bonds. The lowest BCUT2D eigenvalue weighted by Crippen LogP contribution is -2.31. The van der Waals surface area contributed by atoms with Gasteiger partial charge in [0.15, 0.2) is 0 Å². The van der Waals surface area contributed by atoms with Crippen LogP contribution in [0, 0.1) is 17.1 Å². The summed E-state index contributed by atoms with van der Waals surface area (Å²) in [5.74, 6) is -0.659. The Bertz CT molecular complexity index is 1180. The minimum atomic E-state index is -0.415. The van der Waals surface area contributed by atoms with Crippen molar-refractivity contribution in [1.29, 1.82) is 5.26 Å². The minimum absolute atomic E-state index is 0.0665. The first-order chi connectivity index (χ1) is 16.3. The second kappa shape index (κ2) is 11.3. The fourth-order valence-electron chi connectivity index (χ4n) is 4.06. The molecule has 1 unspecified atom stereocenters. The molecule has 176 valence electrons. The van der Waals surface area contributed by atoms with Gasteiger partial charge < -0.3 is 15.5 Å². The van der Waals surface area contributed by atoms with E-state index < -0.39 is 5.82 Å². The van der Waals surface area contributed by atoms with Crippen LogP contribution in [0.3, 0.4) is 0 Å². The molecule has 8 heteroatoms. The summed E-state index contributed by atoms with van der Waals surface area (Å²) in [5.41, 5.74) is 8.99. The van der Waals surface area contributed by atoms with E-state index >= 15 is 0 Å². The van der Waals surface area contributed by atoms with Gasteiger partial charge in [-0.3, -0.25) is 9.79 Å². The fraction of sp³-hybridized carbons (Fsp3) is 0.308. The van der Waals surface area contributed by atoms with Crippen LogP contribution >= 0.6 is 0 Å². The Morgan fingerprint density at radius 1 is 1.35 bits per heavy atom. The molecule has 0 radical (unpaired) electrons. The first-order valence-electron chi connectivity index (χ1n) is 11.1. The van der Waals surface area contributed by atoms with Gasteiger partial charge in [0.2, 0.25) is 5.91 Å². The van der Waals surface area contributed by atoms with E-state index in [-0.39, 0.29) is 18.4 Å². The molecular weight excluding hydrogens is 431 g/mol. The summed E-state index contributed by atoms with van der Waals surface area (Å²) >= 11 is 0. The summed E-state index contributed by atoms with van der Waals surface area (Å²) in [6.07, 6.45) is 5.18. The molecule has 0 spiro atoms. The molecule has 0 bridgehead atoms. The number of halogens is 1. The van der Waals surface area contributed by atoms with Crippen molar-refractivity contribution >= 4 is 29.8 Å². The highest BCUT2D eigenvalue weighted by Gasteiger charge is 2.29. The molecule has 2 aromatic rings. The topological polar surface area (TPSA) is 98.1 Å². The minimum Gasteiger partial charge on any atom is -0.390 e. The number of fused-ring (bicyclic) bond motifs is 1. The van der Waals surface area contributed by atoms with Crippen LogP contribution in [-0.4, -0.2) is 56.6 Å². The SMILES string of the molecule is CC(CN(C)C)\N=C/C=C(\N=C\N)c1cc(C#N)c2c(c1)CCN2C(=O)Cc1ccccc1F. The number of rotatable bonds is 8. The first kappa shape index (κ1) is 24.8. The zero-order chi connectivity index (χ0) is 24.7. The molecular formula is C26H29FN6O. The molecule has 1 atom stereocenters. The normalized spacial score (nSPS) is 14.7. The molecule has 3 rings (SSSR count). The zero-order valence-electron chi connectivity index (χ0n) is 19.7. The molecule has 1 heterocycles. The molecule has 0 aliphatic carbocycles. The zero-order valence-corrected chi connectivity index (χ0v) is 19.7. The molecule has 0 aromatic heterocycles. The molecule has 0 fully saturated rings. The molecule has 7 nitrogen and oxygen atoms in total. The van der Waals surface area contributed by atoms with Gasteiger partial charge in [0.1, 0.15) is 11.9 Å². The van der Waals surface area contributed by atoms with Crippen LogP contribution in [0.15, 0.2) is 52.5 Å². The number of nitrogens with two attached hydrogens (primary N) is 1. The van der Waals surface area contributed by atoms with Crippen molar-refractivity contribution in [3.05, 3.63) is 70.5 Å². The van der Waals surface area contributed by atoms with Crippen LogP contribution in [0.1, 0.15) is 29.2 Å². The molecule has 1 aliphatic rings. The Morgan fingerprint density at radius 3 is 2.79 bits per heavy atom. The van der Waals surface area contributed by atoms with Crippen LogP contribution < -0.4 is 10.6 Å². The van der Waals surface area contributed by atoms with Crippen molar-refractivity contribution in [1.82, 2.24) is 4.90 Å². The van der Waals surface area contributed by atoms with Gasteiger partial charge in [0, 0.05) is 24.9 Å². The van der Waals surface area contributed by atoms with Crippen LogP contribution in [0.2, 0.25) is 0 Å². The van der Waals surface area contributed by atoms with Gasteiger partial charge in [-0.15, -0.1) is 0 Å². The number of carbonyl (C=O) groups excluding carboxylic acids is 1. The summed E-state index contributed by atoms with van der Waals surface area (Å²) in [6.45, 7) is 3.27. The van der Waals surface area contributed by atoms with Crippen molar-refractivity contribution in [2.75, 3.05) is 32.1 Å². The highest BCUT2D eigenvalue weighted by atomic mass is 19.1. The van der Waals surface area contributed by atoms with E-state index in [0.717, 1.165) is 12.1 Å². The highest BCUT2D eigenvalue weighted by molar-refractivity contribution is 5.99. The summed E-state index contributed by atoms with van der Waals surface area (Å²) in [6, 6.07) is 12.2. The average Bonchev–Trinajstić information content (AvgIpc) is 3.23. The third-order valence-corrected chi connectivity index (χ3v) is 5.50. The van der Waals surface area contributed by atoms with Crippen molar-refractivity contribution in [3.63, 3.8) is 0 Å². The van der Waals surface area contributed by atoms with Crippen LogP contribution in [-0.2, 0) is 17.6 Å². The van der Waals surface area contributed by atoms with Gasteiger partial charge in [-0.1, -0.05) is 18.2 Å². The van der Waals surface area contributed by atoms with Gasteiger partial charge in [0.05, 0.1) is 35.7 Å². The van der Waals surface area contributed by atoms with Crippen molar-refractivity contribution < 1.29 is 9.18 Å². The fourth-order valence-corrected chi connectivity index (χ4v) is 4.06. The standard InChI is InChI=1S/C26H29FN6O/c1-18(16-32(2)3)30-10-8-24(31-17-29)21-12-20-9-11-33(26(20)22(13-21)15-28)25(34)14-19-6-4-5-7-23(19)27/h4-8,10,12-13,17-18H,9,11,14,16H2,1-3H3,(H2,29,31)/b24-8-,30-10-. The lowest BCUT2D eigenvalue weighted by Gasteiger charge is -2.19. The Hall–Kier alpha value is -3.83. The van der Waals surface area contributed by atoms with Gasteiger partial charge in [-0.25, -0.2) is 9.38 Å². The van der Waals surface area contributed by atoms with E-state index in [9.17, 15) is 14.4 Å².